The number of carbonyl (C=O) groups is 2. The lowest BCUT2D eigenvalue weighted by Gasteiger charge is -2.36. The molecule has 0 radical (unpaired) electrons. The molecule has 0 atom stereocenters. The fourth-order valence-electron chi connectivity index (χ4n) is 6.09. The number of ether oxygens (including phenoxy) is 1. The molecule has 1 heterocycles. The van der Waals surface area contributed by atoms with Crippen LogP contribution in [0.1, 0.15) is 113 Å². The molecule has 6 nitrogen and oxygen atoms in total. The van der Waals surface area contributed by atoms with E-state index >= 15 is 0 Å². The van der Waals surface area contributed by atoms with Gasteiger partial charge in [0, 0.05) is 36.8 Å². The first-order chi connectivity index (χ1) is 19.6. The van der Waals surface area contributed by atoms with Gasteiger partial charge in [0.15, 0.2) is 5.60 Å². The highest BCUT2D eigenvalue weighted by Gasteiger charge is 2.54. The molecule has 4 rings (SSSR count). The Balaban J connectivity index is 2.29. The smallest absolute Gasteiger partial charge is 0.340 e. The summed E-state index contributed by atoms with van der Waals surface area (Å²) < 4.78 is 7.85. The minimum Gasteiger partial charge on any atom is -0.508 e. The zero-order chi connectivity index (χ0) is 30.1. The van der Waals surface area contributed by atoms with Gasteiger partial charge in [-0.1, -0.05) is 91.3 Å². The molecule has 0 aliphatic carbocycles. The van der Waals surface area contributed by atoms with Gasteiger partial charge in [-0.2, -0.15) is 0 Å². The van der Waals surface area contributed by atoms with Crippen molar-refractivity contribution in [1.82, 2.24) is 0 Å². The zero-order valence-corrected chi connectivity index (χ0v) is 27.0. The molecule has 41 heavy (non-hydrogen) atoms. The molecular formula is C33H36Br2O6. The van der Waals surface area contributed by atoms with E-state index in [-0.39, 0.29) is 28.2 Å². The standard InChI is InChI=1S/C33H36Br2O6/c1-5-10-18-24(16-26(36)20(12-7-3)29(18)34)33(28-22(31(38)39)14-9-15-23(28)32(40)41-33)25-17-27(37)21(13-8-4)30(35)19(25)11-6-2/h9,14-17,36-37H,5-8,10-13H2,1-4H3,(H,38,39). The molecule has 1 aliphatic heterocycles. The Morgan fingerprint density at radius 1 is 0.780 bits per heavy atom. The van der Waals surface area contributed by atoms with Crippen LogP contribution in [0.2, 0.25) is 0 Å². The van der Waals surface area contributed by atoms with Gasteiger partial charge in [-0.25, -0.2) is 9.59 Å². The summed E-state index contributed by atoms with van der Waals surface area (Å²) in [5.74, 6) is -1.79. The maximum absolute atomic E-state index is 13.7. The van der Waals surface area contributed by atoms with Gasteiger partial charge in [-0.3, -0.25) is 0 Å². The number of benzene rings is 3. The molecule has 0 spiro atoms. The van der Waals surface area contributed by atoms with Gasteiger partial charge in [-0.05, 0) is 61.1 Å². The molecule has 0 amide bonds. The van der Waals surface area contributed by atoms with Gasteiger partial charge >= 0.3 is 11.9 Å². The van der Waals surface area contributed by atoms with E-state index < -0.39 is 17.5 Å². The Labute approximate surface area is 258 Å². The van der Waals surface area contributed by atoms with E-state index in [9.17, 15) is 24.9 Å². The maximum atomic E-state index is 13.7. The number of carboxylic acids is 1. The average molecular weight is 688 g/mol. The van der Waals surface area contributed by atoms with Crippen molar-refractivity contribution >= 4 is 43.8 Å². The number of phenolic OH excluding ortho intramolecular Hbond substituents is 2. The van der Waals surface area contributed by atoms with E-state index in [1.54, 1.807) is 18.2 Å². The number of carboxylic acid groups (broad SMARTS) is 1. The number of aromatic hydroxyl groups is 2. The lowest BCUT2D eigenvalue weighted by Crippen LogP contribution is -2.34. The second-order valence-electron chi connectivity index (χ2n) is 10.5. The number of cyclic esters (lactones) is 1. The van der Waals surface area contributed by atoms with Crippen molar-refractivity contribution in [2.45, 2.75) is 84.7 Å². The number of hydrogen-bond donors (Lipinski definition) is 3. The van der Waals surface area contributed by atoms with Gasteiger partial charge in [0.1, 0.15) is 11.5 Å². The van der Waals surface area contributed by atoms with Crippen LogP contribution in [0.25, 0.3) is 0 Å². The monoisotopic (exact) mass is 686 g/mol. The second-order valence-corrected chi connectivity index (χ2v) is 12.1. The Hall–Kier alpha value is -2.84. The highest BCUT2D eigenvalue weighted by atomic mass is 79.9. The molecule has 218 valence electrons. The van der Waals surface area contributed by atoms with Crippen molar-refractivity contribution in [3.8, 4) is 11.5 Å². The molecule has 1 aliphatic rings. The van der Waals surface area contributed by atoms with Crippen LogP contribution < -0.4 is 0 Å². The molecule has 0 unspecified atom stereocenters. The predicted molar refractivity (Wildman–Crippen MR) is 166 cm³/mol. The van der Waals surface area contributed by atoms with Crippen LogP contribution in [0.4, 0.5) is 0 Å². The predicted octanol–water partition coefficient (Wildman–Crippen LogP) is 8.59. The van der Waals surface area contributed by atoms with Crippen LogP contribution in [0.5, 0.6) is 11.5 Å². The zero-order valence-electron chi connectivity index (χ0n) is 23.9. The van der Waals surface area contributed by atoms with Crippen LogP contribution in [0.15, 0.2) is 39.3 Å². The number of phenols is 2. The summed E-state index contributed by atoms with van der Waals surface area (Å²) in [6.07, 6.45) is 5.56. The van der Waals surface area contributed by atoms with E-state index in [4.69, 9.17) is 4.74 Å². The summed E-state index contributed by atoms with van der Waals surface area (Å²) in [6.45, 7) is 8.14. The van der Waals surface area contributed by atoms with E-state index in [1.807, 2.05) is 27.7 Å². The number of fused-ring (bicyclic) bond motifs is 1. The summed E-state index contributed by atoms with van der Waals surface area (Å²) in [7, 11) is 0. The van der Waals surface area contributed by atoms with Crippen LogP contribution in [0.3, 0.4) is 0 Å². The first-order valence-corrected chi connectivity index (χ1v) is 15.8. The molecule has 0 bridgehead atoms. The number of hydrogen-bond acceptors (Lipinski definition) is 5. The number of rotatable bonds is 11. The number of aromatic carboxylic acids is 1. The molecule has 3 aromatic rings. The highest BCUT2D eigenvalue weighted by Crippen LogP contribution is 2.55. The molecule has 0 saturated carbocycles. The van der Waals surface area contributed by atoms with Crippen molar-refractivity contribution in [1.29, 1.82) is 0 Å². The Morgan fingerprint density at radius 2 is 1.22 bits per heavy atom. The minimum absolute atomic E-state index is 0.0354. The SMILES string of the molecule is CCCc1c(O)cc(C2(c3cc(O)c(CCC)c(Br)c3CCC)OC(=O)c3cccc(C(=O)O)c32)c(CCC)c1Br. The molecule has 3 N–H and O–H groups in total. The minimum atomic E-state index is -1.73. The van der Waals surface area contributed by atoms with Gasteiger partial charge in [0.05, 0.1) is 11.1 Å². The first kappa shape index (κ1) is 31.1. The number of halogens is 2. The van der Waals surface area contributed by atoms with Crippen molar-refractivity contribution < 1.29 is 29.6 Å². The van der Waals surface area contributed by atoms with Crippen LogP contribution in [-0.2, 0) is 36.0 Å². The Morgan fingerprint density at radius 3 is 1.63 bits per heavy atom. The second kappa shape index (κ2) is 12.6. The molecular weight excluding hydrogens is 652 g/mol. The normalized spacial score (nSPS) is 13.8. The lowest BCUT2D eigenvalue weighted by molar-refractivity contribution is 0.0239. The van der Waals surface area contributed by atoms with Gasteiger partial charge < -0.3 is 20.1 Å². The van der Waals surface area contributed by atoms with Crippen molar-refractivity contribution in [3.63, 3.8) is 0 Å². The lowest BCUT2D eigenvalue weighted by atomic mass is 9.72. The van der Waals surface area contributed by atoms with Gasteiger partial charge in [-0.15, -0.1) is 0 Å². The third-order valence-electron chi connectivity index (χ3n) is 7.76. The summed E-state index contributed by atoms with van der Waals surface area (Å²) in [5.41, 5.74) is 2.67. The quantitative estimate of drug-likeness (QED) is 0.175. The summed E-state index contributed by atoms with van der Waals surface area (Å²) in [5, 5.41) is 33.1. The third kappa shape index (κ3) is 5.18. The fraction of sp³-hybridized carbons (Fsp3) is 0.394. The van der Waals surface area contributed by atoms with Crippen molar-refractivity contribution in [2.24, 2.45) is 0 Å². The molecule has 3 aromatic carbocycles. The van der Waals surface area contributed by atoms with Gasteiger partial charge in [0.2, 0.25) is 0 Å². The Bertz CT molecular complexity index is 1440. The van der Waals surface area contributed by atoms with Crippen LogP contribution in [-0.4, -0.2) is 27.3 Å². The van der Waals surface area contributed by atoms with Gasteiger partial charge in [0.25, 0.3) is 0 Å². The molecule has 0 saturated heterocycles. The largest absolute Gasteiger partial charge is 0.508 e. The van der Waals surface area contributed by atoms with Crippen molar-refractivity contribution in [3.05, 3.63) is 89.3 Å². The number of carbonyl (C=O) groups excluding carboxylic acids is 1. The summed E-state index contributed by atoms with van der Waals surface area (Å²) in [4.78, 5) is 26.4. The fourth-order valence-corrected chi connectivity index (χ4v) is 7.72. The Kier molecular flexibility index (Phi) is 9.54. The summed E-state index contributed by atoms with van der Waals surface area (Å²) in [6, 6.07) is 7.84. The van der Waals surface area contributed by atoms with E-state index in [0.717, 1.165) is 56.9 Å². The van der Waals surface area contributed by atoms with Crippen LogP contribution in [0, 0.1) is 0 Å². The van der Waals surface area contributed by atoms with Crippen molar-refractivity contribution in [2.75, 3.05) is 0 Å². The maximum Gasteiger partial charge on any atom is 0.340 e. The van der Waals surface area contributed by atoms with Crippen LogP contribution >= 0.6 is 31.9 Å². The molecule has 8 heteroatoms. The number of esters is 1. The average Bonchev–Trinajstić information content (AvgIpc) is 3.24. The van der Waals surface area contributed by atoms with E-state index in [2.05, 4.69) is 31.9 Å². The first-order valence-electron chi connectivity index (χ1n) is 14.3. The summed E-state index contributed by atoms with van der Waals surface area (Å²) >= 11 is 7.53. The van der Waals surface area contributed by atoms with E-state index in [1.165, 1.54) is 12.1 Å². The molecule has 0 fully saturated rings. The highest BCUT2D eigenvalue weighted by molar-refractivity contribution is 9.11. The van der Waals surface area contributed by atoms with E-state index in [0.29, 0.717) is 36.8 Å². The topological polar surface area (TPSA) is 104 Å². The third-order valence-corrected chi connectivity index (χ3v) is 9.68. The molecule has 0 aromatic heterocycles.